The maximum atomic E-state index is 10.8. The van der Waals surface area contributed by atoms with Crippen LogP contribution in [0.5, 0.6) is 0 Å². The van der Waals surface area contributed by atoms with Crippen LogP contribution < -0.4 is 0 Å². The zero-order chi connectivity index (χ0) is 16.6. The third-order valence-electron chi connectivity index (χ3n) is 2.79. The molecule has 0 aliphatic heterocycles. The van der Waals surface area contributed by atoms with Crippen LogP contribution in [-0.2, 0) is 19.1 Å². The number of allylic oxidation sites excluding steroid dienone is 3. The van der Waals surface area contributed by atoms with Crippen LogP contribution in [0.3, 0.4) is 0 Å². The highest BCUT2D eigenvalue weighted by atomic mass is 16.5. The second-order valence-electron chi connectivity index (χ2n) is 4.42. The van der Waals surface area contributed by atoms with Gasteiger partial charge in [0.15, 0.2) is 0 Å². The van der Waals surface area contributed by atoms with Crippen LogP contribution in [0.2, 0.25) is 0 Å². The molecule has 0 spiro atoms. The maximum Gasteiger partial charge on any atom is 0.330 e. The van der Waals surface area contributed by atoms with Crippen molar-refractivity contribution in [1.82, 2.24) is 0 Å². The second kappa shape index (κ2) is 13.6. The van der Waals surface area contributed by atoms with E-state index >= 15 is 0 Å². The summed E-state index contributed by atoms with van der Waals surface area (Å²) in [5, 5.41) is 0. The summed E-state index contributed by atoms with van der Waals surface area (Å²) < 4.78 is 9.65. The van der Waals surface area contributed by atoms with Crippen LogP contribution in [0.1, 0.15) is 19.3 Å². The molecule has 0 N–H and O–H groups in total. The molecule has 4 heteroatoms. The summed E-state index contributed by atoms with van der Waals surface area (Å²) in [6, 6.07) is 0. The van der Waals surface area contributed by atoms with Crippen molar-refractivity contribution >= 4 is 11.9 Å². The van der Waals surface area contributed by atoms with Gasteiger partial charge in [-0.1, -0.05) is 43.5 Å². The molecular weight excluding hydrogens is 280 g/mol. The molecule has 0 fully saturated rings. The molecular formula is C18H24O4. The Kier molecular flexibility index (Phi) is 12.2. The first-order chi connectivity index (χ1) is 10.6. The average molecular weight is 304 g/mol. The van der Waals surface area contributed by atoms with Crippen molar-refractivity contribution in [3.63, 3.8) is 0 Å². The van der Waals surface area contributed by atoms with E-state index in [1.807, 2.05) is 30.4 Å². The summed E-state index contributed by atoms with van der Waals surface area (Å²) in [7, 11) is 0. The number of esters is 2. The first kappa shape index (κ1) is 19.6. The minimum Gasteiger partial charge on any atom is -0.458 e. The van der Waals surface area contributed by atoms with Gasteiger partial charge in [-0.25, -0.2) is 9.59 Å². The van der Waals surface area contributed by atoms with Crippen LogP contribution >= 0.6 is 0 Å². The molecule has 0 aromatic carbocycles. The minimum absolute atomic E-state index is 0.253. The Morgan fingerprint density at radius 2 is 1.41 bits per heavy atom. The Labute approximate surface area is 132 Å². The molecule has 0 aromatic heterocycles. The Morgan fingerprint density at radius 1 is 0.864 bits per heavy atom. The summed E-state index contributed by atoms with van der Waals surface area (Å²) in [4.78, 5) is 21.6. The number of hydrogen-bond donors (Lipinski definition) is 0. The van der Waals surface area contributed by atoms with E-state index < -0.39 is 11.9 Å². The van der Waals surface area contributed by atoms with Gasteiger partial charge in [-0.3, -0.25) is 0 Å². The smallest absolute Gasteiger partial charge is 0.330 e. The number of carbonyl (C=O) groups excluding carboxylic acids is 2. The summed E-state index contributed by atoms with van der Waals surface area (Å²) in [6.07, 6.45) is 14.4. The standard InChI is InChI=1S/C18H24O4/c1-4-16(13-9-11-15-22-18(20)6-3)12-8-7-10-14-21-17(19)5-2/h4-7,9-11,16H,1-3,8,12-15H2. The lowest BCUT2D eigenvalue weighted by Crippen LogP contribution is -2.00. The molecule has 0 radical (unpaired) electrons. The maximum absolute atomic E-state index is 10.8. The predicted octanol–water partition coefficient (Wildman–Crippen LogP) is 3.53. The van der Waals surface area contributed by atoms with Gasteiger partial charge in [-0.2, -0.15) is 0 Å². The van der Waals surface area contributed by atoms with Gasteiger partial charge in [0.2, 0.25) is 0 Å². The molecule has 0 aliphatic carbocycles. The van der Waals surface area contributed by atoms with E-state index in [1.165, 1.54) is 0 Å². The van der Waals surface area contributed by atoms with Crippen molar-refractivity contribution in [2.45, 2.75) is 19.3 Å². The Balaban J connectivity index is 3.80. The number of carbonyl (C=O) groups is 2. The highest BCUT2D eigenvalue weighted by molar-refractivity contribution is 5.81. The van der Waals surface area contributed by atoms with Gasteiger partial charge < -0.3 is 9.47 Å². The minimum atomic E-state index is -0.424. The molecule has 0 amide bonds. The van der Waals surface area contributed by atoms with Gasteiger partial charge >= 0.3 is 11.9 Å². The van der Waals surface area contributed by atoms with Crippen molar-refractivity contribution in [3.8, 4) is 0 Å². The van der Waals surface area contributed by atoms with Crippen molar-refractivity contribution in [2.75, 3.05) is 13.2 Å². The molecule has 4 nitrogen and oxygen atoms in total. The lowest BCUT2D eigenvalue weighted by atomic mass is 9.99. The summed E-state index contributed by atoms with van der Waals surface area (Å²) in [5.74, 6) is -0.491. The van der Waals surface area contributed by atoms with Crippen molar-refractivity contribution < 1.29 is 19.1 Å². The molecule has 0 saturated carbocycles. The quantitative estimate of drug-likeness (QED) is 0.314. The van der Waals surface area contributed by atoms with Gasteiger partial charge in [0, 0.05) is 12.2 Å². The Bertz CT molecular complexity index is 432. The molecule has 0 heterocycles. The fraction of sp³-hybridized carbons (Fsp3) is 0.333. The molecule has 0 saturated heterocycles. The molecule has 0 aromatic rings. The molecule has 0 bridgehead atoms. The molecule has 1 atom stereocenters. The molecule has 0 aliphatic rings. The largest absolute Gasteiger partial charge is 0.458 e. The zero-order valence-corrected chi connectivity index (χ0v) is 12.9. The zero-order valence-electron chi connectivity index (χ0n) is 12.9. The lowest BCUT2D eigenvalue weighted by molar-refractivity contribution is -0.137. The van der Waals surface area contributed by atoms with E-state index in [1.54, 1.807) is 0 Å². The van der Waals surface area contributed by atoms with E-state index in [0.29, 0.717) is 5.92 Å². The normalized spacial score (nSPS) is 12.0. The highest BCUT2D eigenvalue weighted by Crippen LogP contribution is 2.13. The van der Waals surface area contributed by atoms with Crippen LogP contribution in [-0.4, -0.2) is 25.2 Å². The fourth-order valence-corrected chi connectivity index (χ4v) is 1.55. The summed E-state index contributed by atoms with van der Waals surface area (Å²) >= 11 is 0. The number of hydrogen-bond acceptors (Lipinski definition) is 4. The van der Waals surface area contributed by atoms with E-state index in [2.05, 4.69) is 19.7 Å². The monoisotopic (exact) mass is 304 g/mol. The van der Waals surface area contributed by atoms with Crippen molar-refractivity contribution in [2.24, 2.45) is 5.92 Å². The van der Waals surface area contributed by atoms with E-state index in [4.69, 9.17) is 9.47 Å². The summed E-state index contributed by atoms with van der Waals surface area (Å²) in [6.45, 7) is 11.0. The Morgan fingerprint density at radius 3 is 1.91 bits per heavy atom. The van der Waals surface area contributed by atoms with Gasteiger partial charge in [-0.15, -0.1) is 6.58 Å². The topological polar surface area (TPSA) is 52.6 Å². The van der Waals surface area contributed by atoms with E-state index in [-0.39, 0.29) is 13.2 Å². The van der Waals surface area contributed by atoms with Gasteiger partial charge in [0.25, 0.3) is 0 Å². The SMILES string of the molecule is C=CC(=O)OCC=CCCC(C=C)CC=CCOC(=O)C=C. The van der Waals surface area contributed by atoms with Gasteiger partial charge in [0.1, 0.15) is 13.2 Å². The Hall–Kier alpha value is -2.36. The second-order valence-corrected chi connectivity index (χ2v) is 4.42. The molecule has 22 heavy (non-hydrogen) atoms. The average Bonchev–Trinajstić information content (AvgIpc) is 2.54. The molecule has 1 unspecified atom stereocenters. The summed E-state index contributed by atoms with van der Waals surface area (Å²) in [5.41, 5.74) is 0. The van der Waals surface area contributed by atoms with Crippen molar-refractivity contribution in [3.05, 3.63) is 62.3 Å². The number of rotatable bonds is 12. The van der Waals surface area contributed by atoms with Crippen LogP contribution in [0.25, 0.3) is 0 Å². The third kappa shape index (κ3) is 11.5. The molecule has 120 valence electrons. The van der Waals surface area contributed by atoms with Crippen LogP contribution in [0.15, 0.2) is 62.3 Å². The first-order valence-electron chi connectivity index (χ1n) is 7.15. The predicted molar refractivity (Wildman–Crippen MR) is 88.1 cm³/mol. The number of ether oxygens (including phenoxy) is 2. The van der Waals surface area contributed by atoms with Gasteiger partial charge in [-0.05, 0) is 25.2 Å². The van der Waals surface area contributed by atoms with Crippen LogP contribution in [0.4, 0.5) is 0 Å². The lowest BCUT2D eigenvalue weighted by Gasteiger charge is -2.07. The highest BCUT2D eigenvalue weighted by Gasteiger charge is 2.00. The van der Waals surface area contributed by atoms with Crippen LogP contribution in [0, 0.1) is 5.92 Å². The fourth-order valence-electron chi connectivity index (χ4n) is 1.55. The van der Waals surface area contributed by atoms with E-state index in [9.17, 15) is 9.59 Å². The van der Waals surface area contributed by atoms with Crippen molar-refractivity contribution in [1.29, 1.82) is 0 Å². The molecule has 0 rings (SSSR count). The van der Waals surface area contributed by atoms with Gasteiger partial charge in [0.05, 0.1) is 0 Å². The first-order valence-corrected chi connectivity index (χ1v) is 7.15. The van der Waals surface area contributed by atoms with E-state index in [0.717, 1.165) is 31.4 Å². The third-order valence-corrected chi connectivity index (χ3v) is 2.79.